The number of thiophene rings is 1. The second kappa shape index (κ2) is 11.3. The fourth-order valence-electron chi connectivity index (χ4n) is 4.40. The quantitative estimate of drug-likeness (QED) is 0.491. The number of aryl methyl sites for hydroxylation is 2. The minimum absolute atomic E-state index is 0.0963. The van der Waals surface area contributed by atoms with Crippen molar-refractivity contribution in [1.29, 1.82) is 0 Å². The highest BCUT2D eigenvalue weighted by Crippen LogP contribution is 2.40. The molecule has 0 atom stereocenters. The number of hydrogen-bond acceptors (Lipinski definition) is 5. The third kappa shape index (κ3) is 5.30. The van der Waals surface area contributed by atoms with E-state index in [1.54, 1.807) is 11.3 Å². The predicted octanol–water partition coefficient (Wildman–Crippen LogP) is 6.64. The van der Waals surface area contributed by atoms with E-state index in [9.17, 15) is 4.79 Å². The number of aliphatic imine (C=N–C) groups is 2. The van der Waals surface area contributed by atoms with E-state index < -0.39 is 0 Å². The van der Waals surface area contributed by atoms with Crippen LogP contribution >= 0.6 is 11.3 Å². The normalized spacial score (nSPS) is 15.9. The Morgan fingerprint density at radius 1 is 1.09 bits per heavy atom. The average Bonchev–Trinajstić information content (AvgIpc) is 3.29. The van der Waals surface area contributed by atoms with Crippen LogP contribution in [-0.2, 0) is 4.74 Å². The average molecular weight is 471 g/mol. The number of carbonyl (C=O) groups is 1. The molecule has 1 amide bonds. The number of aromatic nitrogens is 1. The smallest absolute Gasteiger partial charge is 0.264 e. The number of rotatable bonds is 5. The van der Waals surface area contributed by atoms with Crippen molar-refractivity contribution in [1.82, 2.24) is 9.47 Å². The molecule has 0 saturated carbocycles. The van der Waals surface area contributed by atoms with Crippen molar-refractivity contribution in [3.63, 3.8) is 0 Å². The molecule has 2 aromatic rings. The van der Waals surface area contributed by atoms with Gasteiger partial charge in [-0.3, -0.25) is 4.79 Å². The molecular weight excluding hydrogens is 432 g/mol. The van der Waals surface area contributed by atoms with E-state index in [0.29, 0.717) is 38.8 Å². The van der Waals surface area contributed by atoms with Gasteiger partial charge in [-0.05, 0) is 50.8 Å². The van der Waals surface area contributed by atoms with Gasteiger partial charge in [0.25, 0.3) is 5.91 Å². The highest BCUT2D eigenvalue weighted by atomic mass is 32.1. The van der Waals surface area contributed by atoms with Gasteiger partial charge in [-0.1, -0.05) is 27.7 Å². The molecule has 4 rings (SSSR count). The fraction of sp³-hybridized carbons (Fsp3) is 0.577. The zero-order valence-electron chi connectivity index (χ0n) is 21.2. The van der Waals surface area contributed by atoms with Gasteiger partial charge >= 0.3 is 0 Å². The summed E-state index contributed by atoms with van der Waals surface area (Å²) in [5.74, 6) is 1.07. The predicted molar refractivity (Wildman–Crippen MR) is 139 cm³/mol. The molecule has 7 heteroatoms. The lowest BCUT2D eigenvalue weighted by Crippen LogP contribution is -2.40. The van der Waals surface area contributed by atoms with Crippen molar-refractivity contribution < 1.29 is 9.53 Å². The molecule has 6 nitrogen and oxygen atoms in total. The monoisotopic (exact) mass is 470 g/mol. The molecule has 1 fully saturated rings. The van der Waals surface area contributed by atoms with Crippen LogP contribution in [0.2, 0.25) is 0 Å². The lowest BCUT2D eigenvalue weighted by Gasteiger charge is -2.26. The summed E-state index contributed by atoms with van der Waals surface area (Å²) in [4.78, 5) is 26.9. The van der Waals surface area contributed by atoms with Gasteiger partial charge in [0, 0.05) is 37.5 Å². The third-order valence-corrected chi connectivity index (χ3v) is 7.43. The molecular formula is C26H38N4O2S. The Bertz CT molecular complexity index is 1040. The highest BCUT2D eigenvalue weighted by Gasteiger charge is 2.25. The first kappa shape index (κ1) is 25.4. The Kier molecular flexibility index (Phi) is 8.65. The van der Waals surface area contributed by atoms with Crippen LogP contribution in [0.25, 0.3) is 0 Å². The van der Waals surface area contributed by atoms with E-state index in [4.69, 9.17) is 14.7 Å². The Morgan fingerprint density at radius 3 is 2.39 bits per heavy atom. The molecule has 1 saturated heterocycles. The molecule has 2 aliphatic heterocycles. The van der Waals surface area contributed by atoms with Crippen LogP contribution in [0, 0.1) is 13.8 Å². The Balaban J connectivity index is 0.00000149. The fourth-order valence-corrected chi connectivity index (χ4v) is 5.53. The number of fused-ring (bicyclic) bond motifs is 1. The first-order valence-electron chi connectivity index (χ1n) is 12.2. The summed E-state index contributed by atoms with van der Waals surface area (Å²) in [7, 11) is 0. The van der Waals surface area contributed by atoms with Crippen molar-refractivity contribution in [3.05, 3.63) is 33.1 Å². The topological polar surface area (TPSA) is 59.2 Å². The second-order valence-electron chi connectivity index (χ2n) is 8.47. The Labute approximate surface area is 202 Å². The number of ether oxygens (including phenoxy) is 1. The summed E-state index contributed by atoms with van der Waals surface area (Å²) < 4.78 is 7.69. The maximum Gasteiger partial charge on any atom is 0.264 e. The minimum atomic E-state index is 0.0963. The summed E-state index contributed by atoms with van der Waals surface area (Å²) in [6, 6.07) is 2.44. The molecule has 0 unspecified atom stereocenters. The molecule has 4 heterocycles. The summed E-state index contributed by atoms with van der Waals surface area (Å²) >= 11 is 1.56. The van der Waals surface area contributed by atoms with Crippen LogP contribution in [0.3, 0.4) is 0 Å². The number of nitrogens with zero attached hydrogens (tertiary/aromatic N) is 4. The summed E-state index contributed by atoms with van der Waals surface area (Å²) in [5.41, 5.74) is 5.28. The summed E-state index contributed by atoms with van der Waals surface area (Å²) in [5, 5.41) is 0. The molecule has 180 valence electrons. The molecule has 0 aromatic carbocycles. The van der Waals surface area contributed by atoms with E-state index >= 15 is 0 Å². The van der Waals surface area contributed by atoms with Gasteiger partial charge < -0.3 is 14.2 Å². The zero-order chi connectivity index (χ0) is 24.1. The zero-order valence-corrected chi connectivity index (χ0v) is 22.0. The molecule has 2 aromatic heterocycles. The first-order valence-corrected chi connectivity index (χ1v) is 13.1. The van der Waals surface area contributed by atoms with E-state index in [2.05, 4.69) is 45.4 Å². The van der Waals surface area contributed by atoms with Crippen LogP contribution in [0.1, 0.15) is 85.6 Å². The van der Waals surface area contributed by atoms with Gasteiger partial charge in [0.05, 0.1) is 28.7 Å². The van der Waals surface area contributed by atoms with Crippen molar-refractivity contribution in [2.24, 2.45) is 9.98 Å². The summed E-state index contributed by atoms with van der Waals surface area (Å²) in [6.45, 7) is 17.2. The molecule has 0 spiro atoms. The first-order chi connectivity index (χ1) is 15.9. The summed E-state index contributed by atoms with van der Waals surface area (Å²) in [6.07, 6.45) is 5.03. The minimum Gasteiger partial charge on any atom is -0.378 e. The van der Waals surface area contributed by atoms with Gasteiger partial charge in [-0.2, -0.15) is 0 Å². The lowest BCUT2D eigenvalue weighted by molar-refractivity contribution is 0.0306. The van der Waals surface area contributed by atoms with Crippen LogP contribution in [0.5, 0.6) is 0 Å². The van der Waals surface area contributed by atoms with E-state index in [0.717, 1.165) is 56.7 Å². The number of carbonyl (C=O) groups excluding carboxylic acids is 1. The van der Waals surface area contributed by atoms with Crippen LogP contribution in [-0.4, -0.2) is 53.1 Å². The van der Waals surface area contributed by atoms with Crippen molar-refractivity contribution in [3.8, 4) is 0 Å². The lowest BCUT2D eigenvalue weighted by atomic mass is 10.1. The standard InChI is InChI=1S/C24H32N4O2S.C2H6/c1-6-18(7-2)28-14-16(4)21-23(28)25-17(5)13-19(26-21)22-15(3)12-20(31-22)24(29)27-8-10-30-11-9-27;1-2/h12,14,18H,6-11,13H2,1-5H3;1-2H3. The van der Waals surface area contributed by atoms with Gasteiger partial charge in [0.1, 0.15) is 5.69 Å². The second-order valence-corrected chi connectivity index (χ2v) is 9.52. The SMILES string of the molecule is CC.CCC(CC)n1cc(C)c2c1N=C(C)CC(c1sc(C(=O)N3CCOCC3)cc1C)=N2. The van der Waals surface area contributed by atoms with Gasteiger partial charge in [0.2, 0.25) is 0 Å². The molecule has 2 aliphatic rings. The Morgan fingerprint density at radius 2 is 1.76 bits per heavy atom. The van der Waals surface area contributed by atoms with Gasteiger partial charge in [0.15, 0.2) is 5.82 Å². The van der Waals surface area contributed by atoms with Crippen LogP contribution in [0.15, 0.2) is 22.2 Å². The molecule has 33 heavy (non-hydrogen) atoms. The molecule has 0 aliphatic carbocycles. The number of hydrogen-bond donors (Lipinski definition) is 0. The maximum atomic E-state index is 13.0. The van der Waals surface area contributed by atoms with Crippen molar-refractivity contribution >= 4 is 40.2 Å². The molecule has 0 bridgehead atoms. The third-order valence-electron chi connectivity index (χ3n) is 6.15. The van der Waals surface area contributed by atoms with Crippen LogP contribution < -0.4 is 0 Å². The van der Waals surface area contributed by atoms with Gasteiger partial charge in [-0.25, -0.2) is 9.98 Å². The largest absolute Gasteiger partial charge is 0.378 e. The van der Waals surface area contributed by atoms with E-state index in [1.165, 1.54) is 0 Å². The van der Waals surface area contributed by atoms with E-state index in [1.807, 2.05) is 24.8 Å². The van der Waals surface area contributed by atoms with E-state index in [-0.39, 0.29) is 5.91 Å². The van der Waals surface area contributed by atoms with Gasteiger partial charge in [-0.15, -0.1) is 11.3 Å². The van der Waals surface area contributed by atoms with Crippen molar-refractivity contribution in [2.45, 2.75) is 73.8 Å². The highest BCUT2D eigenvalue weighted by molar-refractivity contribution is 7.16. The molecule has 0 N–H and O–H groups in total. The van der Waals surface area contributed by atoms with Crippen molar-refractivity contribution in [2.75, 3.05) is 26.3 Å². The molecule has 0 radical (unpaired) electrons. The maximum absolute atomic E-state index is 13.0. The van der Waals surface area contributed by atoms with Crippen LogP contribution in [0.4, 0.5) is 11.5 Å². The number of amides is 1. The number of morpholine rings is 1. The Hall–Kier alpha value is -2.25.